The van der Waals surface area contributed by atoms with Crippen molar-refractivity contribution in [3.63, 3.8) is 0 Å². The van der Waals surface area contributed by atoms with Gasteiger partial charge >= 0.3 is 0 Å². The molecule has 1 fully saturated rings. The summed E-state index contributed by atoms with van der Waals surface area (Å²) in [5.41, 5.74) is 0. The highest BCUT2D eigenvalue weighted by molar-refractivity contribution is 5.80. The molecule has 9 unspecified atom stereocenters. The van der Waals surface area contributed by atoms with Gasteiger partial charge in [0.25, 0.3) is 0 Å². The minimum absolute atomic E-state index is 0.264. The summed E-state index contributed by atoms with van der Waals surface area (Å²) < 4.78 is 11.2. The van der Waals surface area contributed by atoms with Crippen molar-refractivity contribution in [3.8, 4) is 0 Å². The average Bonchev–Trinajstić information content (AvgIpc) is 3.51. The fourth-order valence-electron chi connectivity index (χ4n) is 12.6. The molecule has 506 valence electrons. The number of nitrogens with one attached hydrogen (secondary N) is 1. The minimum atomic E-state index is -1.66. The molecule has 9 atom stereocenters. The molecule has 0 aliphatic carbocycles. The Balaban J connectivity index is 2.16. The Morgan fingerprint density at radius 3 is 0.988 bits per heavy atom. The van der Waals surface area contributed by atoms with Gasteiger partial charge < -0.3 is 50.5 Å². The second-order valence-corrected chi connectivity index (χ2v) is 26.7. The molecule has 85 heavy (non-hydrogen) atoms. The first kappa shape index (κ1) is 81.9. The molecular formula is C74H145NO10. The quantitative estimate of drug-likeness (QED) is 0.0215. The lowest BCUT2D eigenvalue weighted by atomic mass is 9.98. The molecule has 0 aromatic carbocycles. The van der Waals surface area contributed by atoms with Crippen molar-refractivity contribution in [2.24, 2.45) is 0 Å². The SMILES string of the molecule is CCCCCCCCCCCCCC/C=C\CCCCCCCCCCCCCCCCC(O)C(=O)NC(COC1OC(CO)C(O)C(O)C1O)C(O)C(O)CCCCCCCCCCCCCCCCCCCCCCCCCCCCCC. The third-order valence-corrected chi connectivity index (χ3v) is 18.6. The van der Waals surface area contributed by atoms with E-state index in [1.165, 1.54) is 308 Å². The zero-order valence-electron chi connectivity index (χ0n) is 56.1. The van der Waals surface area contributed by atoms with Crippen molar-refractivity contribution < 1.29 is 50.0 Å². The second-order valence-electron chi connectivity index (χ2n) is 26.7. The predicted octanol–water partition coefficient (Wildman–Crippen LogP) is 18.6. The second kappa shape index (κ2) is 63.0. The van der Waals surface area contributed by atoms with Gasteiger partial charge in [-0.15, -0.1) is 0 Å². The van der Waals surface area contributed by atoms with Crippen LogP contribution >= 0.6 is 0 Å². The Kier molecular flexibility index (Phi) is 60.7. The molecule has 0 saturated carbocycles. The van der Waals surface area contributed by atoms with E-state index in [0.717, 1.165) is 38.5 Å². The fourth-order valence-corrected chi connectivity index (χ4v) is 12.6. The van der Waals surface area contributed by atoms with E-state index in [9.17, 15) is 40.5 Å². The van der Waals surface area contributed by atoms with Gasteiger partial charge in [0.2, 0.25) is 5.91 Å². The van der Waals surface area contributed by atoms with E-state index in [0.29, 0.717) is 19.3 Å². The summed E-state index contributed by atoms with van der Waals surface area (Å²) in [6, 6.07) is -1.17. The van der Waals surface area contributed by atoms with Gasteiger partial charge in [0.1, 0.15) is 36.6 Å². The van der Waals surface area contributed by atoms with Gasteiger partial charge in [0.15, 0.2) is 6.29 Å². The maximum absolute atomic E-state index is 13.3. The molecule has 11 nitrogen and oxygen atoms in total. The lowest BCUT2D eigenvalue weighted by molar-refractivity contribution is -0.303. The van der Waals surface area contributed by atoms with Crippen molar-refractivity contribution in [3.05, 3.63) is 12.2 Å². The highest BCUT2D eigenvalue weighted by Gasteiger charge is 2.44. The van der Waals surface area contributed by atoms with Crippen molar-refractivity contribution in [1.82, 2.24) is 5.32 Å². The van der Waals surface area contributed by atoms with Crippen molar-refractivity contribution in [2.45, 2.75) is 441 Å². The normalized spacial score (nSPS) is 18.8. The molecule has 0 aromatic heterocycles. The van der Waals surface area contributed by atoms with Gasteiger partial charge in [-0.2, -0.15) is 0 Å². The molecule has 1 amide bonds. The number of hydrogen-bond acceptors (Lipinski definition) is 10. The summed E-state index contributed by atoms with van der Waals surface area (Å²) in [7, 11) is 0. The number of aliphatic hydroxyl groups excluding tert-OH is 7. The van der Waals surface area contributed by atoms with E-state index >= 15 is 0 Å². The summed E-state index contributed by atoms with van der Waals surface area (Å²) in [5, 5.41) is 76.7. The standard InChI is InChI=1S/C74H145NO10/c1-3-5-7-9-11-13-15-17-19-21-23-25-27-29-31-33-34-36-38-40-42-44-46-48-50-52-54-56-58-60-62-67(78)73(83)75-65(64-84-74-72(82)71(81)70(80)68(63-76)85-74)69(79)66(77)61-59-57-55-53-51-49-47-45-43-41-39-37-35-32-30-28-26-24-22-20-18-16-14-12-10-8-6-4-2/h29,31,65-72,74,76-82H,3-28,30,32-64H2,1-2H3,(H,75,83)/b31-29-. The van der Waals surface area contributed by atoms with Gasteiger partial charge in [-0.05, 0) is 38.5 Å². The third-order valence-electron chi connectivity index (χ3n) is 18.6. The van der Waals surface area contributed by atoms with Crippen molar-refractivity contribution >= 4 is 5.91 Å². The number of carbonyl (C=O) groups excluding carboxylic acids is 1. The Morgan fingerprint density at radius 1 is 0.400 bits per heavy atom. The largest absolute Gasteiger partial charge is 0.394 e. The molecule has 1 aliphatic heterocycles. The van der Waals surface area contributed by atoms with Crippen LogP contribution in [-0.2, 0) is 14.3 Å². The number of hydrogen-bond donors (Lipinski definition) is 8. The van der Waals surface area contributed by atoms with E-state index in [-0.39, 0.29) is 6.42 Å². The van der Waals surface area contributed by atoms with Crippen LogP contribution in [0.15, 0.2) is 12.2 Å². The van der Waals surface area contributed by atoms with Gasteiger partial charge in [-0.25, -0.2) is 0 Å². The number of allylic oxidation sites excluding steroid dienone is 2. The topological polar surface area (TPSA) is 189 Å². The lowest BCUT2D eigenvalue weighted by Crippen LogP contribution is -2.60. The summed E-state index contributed by atoms with van der Waals surface area (Å²) in [6.45, 7) is 3.53. The van der Waals surface area contributed by atoms with Gasteiger partial charge in [-0.3, -0.25) is 4.79 Å². The summed E-state index contributed by atoms with van der Waals surface area (Å²) in [4.78, 5) is 13.3. The number of unbranched alkanes of at least 4 members (excludes halogenated alkanes) is 53. The molecule has 1 rings (SSSR count). The lowest BCUT2D eigenvalue weighted by Gasteiger charge is -2.40. The van der Waals surface area contributed by atoms with Gasteiger partial charge in [-0.1, -0.05) is 360 Å². The monoisotopic (exact) mass is 1210 g/mol. The number of carbonyl (C=O) groups is 1. The molecule has 1 saturated heterocycles. The molecule has 0 aromatic rings. The zero-order chi connectivity index (χ0) is 61.7. The number of aliphatic hydroxyl groups is 7. The summed E-state index contributed by atoms with van der Waals surface area (Å²) in [6.07, 6.45) is 67.3. The van der Waals surface area contributed by atoms with Crippen LogP contribution in [0.1, 0.15) is 386 Å². The first-order valence-electron chi connectivity index (χ1n) is 37.6. The minimum Gasteiger partial charge on any atom is -0.394 e. The predicted molar refractivity (Wildman–Crippen MR) is 358 cm³/mol. The van der Waals surface area contributed by atoms with Crippen LogP contribution in [-0.4, -0.2) is 110 Å². The Hall–Kier alpha value is -1.15. The summed E-state index contributed by atoms with van der Waals surface area (Å²) in [5.74, 6) is -0.688. The van der Waals surface area contributed by atoms with Crippen LogP contribution in [0.5, 0.6) is 0 Å². The first-order valence-corrected chi connectivity index (χ1v) is 37.6. The molecule has 0 bridgehead atoms. The van der Waals surface area contributed by atoms with Crippen LogP contribution in [0.2, 0.25) is 0 Å². The van der Waals surface area contributed by atoms with Crippen molar-refractivity contribution in [2.75, 3.05) is 13.2 Å². The number of ether oxygens (including phenoxy) is 2. The molecule has 1 aliphatic rings. The number of amides is 1. The zero-order valence-corrected chi connectivity index (χ0v) is 56.1. The molecule has 0 spiro atoms. The van der Waals surface area contributed by atoms with E-state index in [1.54, 1.807) is 0 Å². The van der Waals surface area contributed by atoms with Crippen LogP contribution in [0.3, 0.4) is 0 Å². The van der Waals surface area contributed by atoms with Gasteiger partial charge in [0, 0.05) is 0 Å². The Bertz CT molecular complexity index is 1390. The van der Waals surface area contributed by atoms with Crippen LogP contribution in [0.4, 0.5) is 0 Å². The van der Waals surface area contributed by atoms with Crippen LogP contribution < -0.4 is 5.32 Å². The van der Waals surface area contributed by atoms with E-state index < -0.39 is 74.2 Å². The maximum Gasteiger partial charge on any atom is 0.249 e. The van der Waals surface area contributed by atoms with E-state index in [2.05, 4.69) is 31.3 Å². The molecule has 8 N–H and O–H groups in total. The van der Waals surface area contributed by atoms with E-state index in [4.69, 9.17) is 9.47 Å². The molecule has 0 radical (unpaired) electrons. The molecule has 11 heteroatoms. The van der Waals surface area contributed by atoms with Gasteiger partial charge in [0.05, 0.1) is 25.4 Å². The highest BCUT2D eigenvalue weighted by atomic mass is 16.7. The van der Waals surface area contributed by atoms with E-state index in [1.807, 2.05) is 0 Å². The van der Waals surface area contributed by atoms with Crippen LogP contribution in [0.25, 0.3) is 0 Å². The number of rotatable bonds is 67. The average molecular weight is 1210 g/mol. The maximum atomic E-state index is 13.3. The fraction of sp³-hybridized carbons (Fsp3) is 0.959. The molecule has 1 heterocycles. The first-order chi connectivity index (χ1) is 41.7. The highest BCUT2D eigenvalue weighted by Crippen LogP contribution is 2.24. The van der Waals surface area contributed by atoms with Crippen molar-refractivity contribution in [1.29, 1.82) is 0 Å². The third kappa shape index (κ3) is 50.2. The smallest absolute Gasteiger partial charge is 0.249 e. The Morgan fingerprint density at radius 2 is 0.682 bits per heavy atom. The van der Waals surface area contributed by atoms with Crippen LogP contribution in [0, 0.1) is 0 Å². The molecular weight excluding hydrogens is 1060 g/mol. The Labute approximate surface area is 525 Å². The summed E-state index contributed by atoms with van der Waals surface area (Å²) >= 11 is 0.